The smallest absolute Gasteiger partial charge is 0.342 e. The molecule has 114 valence electrons. The molecule has 2 aromatic rings. The van der Waals surface area contributed by atoms with Crippen LogP contribution in [-0.4, -0.2) is 39.0 Å². The standard InChI is InChI=1S/C12H12N6O4/c19-8-4-2-1-3-7(8)5-14-16-9(20)6-13-10-11(21)15-12(22)18-17-10/h1-5,19H,6H2,(H,13,17)(H,16,20)(H2,15,18,21,22). The van der Waals surface area contributed by atoms with Crippen LogP contribution in [0.3, 0.4) is 0 Å². The van der Waals surface area contributed by atoms with E-state index in [-0.39, 0.29) is 18.1 Å². The van der Waals surface area contributed by atoms with Gasteiger partial charge < -0.3 is 10.4 Å². The van der Waals surface area contributed by atoms with E-state index in [9.17, 15) is 19.5 Å². The van der Waals surface area contributed by atoms with Crippen LogP contribution in [0.1, 0.15) is 5.56 Å². The first kappa shape index (κ1) is 15.0. The van der Waals surface area contributed by atoms with E-state index in [1.807, 2.05) is 10.1 Å². The van der Waals surface area contributed by atoms with Crippen molar-refractivity contribution in [2.45, 2.75) is 0 Å². The monoisotopic (exact) mass is 304 g/mol. The van der Waals surface area contributed by atoms with Gasteiger partial charge in [0.2, 0.25) is 5.82 Å². The number of H-pyrrole nitrogens is 2. The van der Waals surface area contributed by atoms with Crippen LogP contribution in [0.4, 0.5) is 5.82 Å². The van der Waals surface area contributed by atoms with Gasteiger partial charge in [-0.05, 0) is 12.1 Å². The number of phenols is 1. The molecular formula is C12H12N6O4. The van der Waals surface area contributed by atoms with E-state index < -0.39 is 17.2 Å². The summed E-state index contributed by atoms with van der Waals surface area (Å²) in [6.07, 6.45) is 1.28. The molecule has 1 aromatic heterocycles. The molecule has 0 saturated carbocycles. The molecule has 5 N–H and O–H groups in total. The number of nitrogens with zero attached hydrogens (tertiary/aromatic N) is 2. The zero-order valence-corrected chi connectivity index (χ0v) is 11.2. The molecule has 2 rings (SSSR count). The first-order valence-electron chi connectivity index (χ1n) is 6.09. The van der Waals surface area contributed by atoms with Crippen molar-refractivity contribution in [1.29, 1.82) is 0 Å². The van der Waals surface area contributed by atoms with Crippen LogP contribution in [0.2, 0.25) is 0 Å². The summed E-state index contributed by atoms with van der Waals surface area (Å²) >= 11 is 0. The number of benzene rings is 1. The molecule has 0 atom stereocenters. The highest BCUT2D eigenvalue weighted by molar-refractivity contribution is 5.85. The predicted octanol–water partition coefficient (Wildman–Crippen LogP) is -1.27. The van der Waals surface area contributed by atoms with Crippen molar-refractivity contribution in [3.8, 4) is 5.75 Å². The highest BCUT2D eigenvalue weighted by Gasteiger charge is 2.04. The minimum absolute atomic E-state index is 0.0302. The van der Waals surface area contributed by atoms with Crippen molar-refractivity contribution in [3.05, 3.63) is 50.7 Å². The number of hydrogen-bond donors (Lipinski definition) is 5. The number of amides is 1. The molecule has 0 aliphatic heterocycles. The number of aromatic hydroxyl groups is 1. The van der Waals surface area contributed by atoms with Gasteiger partial charge in [-0.3, -0.25) is 14.6 Å². The van der Waals surface area contributed by atoms with Gasteiger partial charge in [0.25, 0.3) is 11.5 Å². The number of hydrogen-bond acceptors (Lipinski definition) is 7. The molecule has 0 bridgehead atoms. The Balaban J connectivity index is 1.87. The number of nitrogens with one attached hydrogen (secondary N) is 4. The van der Waals surface area contributed by atoms with E-state index in [4.69, 9.17) is 0 Å². The number of carbonyl (C=O) groups is 1. The quantitative estimate of drug-likeness (QED) is 0.343. The van der Waals surface area contributed by atoms with Crippen LogP contribution in [0, 0.1) is 0 Å². The lowest BCUT2D eigenvalue weighted by Crippen LogP contribution is -2.31. The number of para-hydroxylation sites is 1. The number of anilines is 1. The Bertz CT molecular complexity index is 810. The van der Waals surface area contributed by atoms with Gasteiger partial charge in [0, 0.05) is 5.56 Å². The number of phenolic OH excluding ortho intramolecular Hbond substituents is 1. The number of carbonyl (C=O) groups excluding carboxylic acids is 1. The summed E-state index contributed by atoms with van der Waals surface area (Å²) < 4.78 is 0. The zero-order valence-electron chi connectivity index (χ0n) is 11.2. The summed E-state index contributed by atoms with van der Waals surface area (Å²) in [6, 6.07) is 6.47. The van der Waals surface area contributed by atoms with Crippen molar-refractivity contribution in [2.24, 2.45) is 5.10 Å². The first-order valence-corrected chi connectivity index (χ1v) is 6.09. The second-order valence-electron chi connectivity index (χ2n) is 4.06. The zero-order chi connectivity index (χ0) is 15.9. The highest BCUT2D eigenvalue weighted by Crippen LogP contribution is 2.12. The molecule has 0 fully saturated rings. The largest absolute Gasteiger partial charge is 0.507 e. The van der Waals surface area contributed by atoms with Crippen molar-refractivity contribution in [3.63, 3.8) is 0 Å². The number of hydrazone groups is 1. The summed E-state index contributed by atoms with van der Waals surface area (Å²) in [7, 11) is 0. The molecule has 0 spiro atoms. The fraction of sp³-hybridized carbons (Fsp3) is 0.0833. The Hall–Kier alpha value is -3.43. The second-order valence-corrected chi connectivity index (χ2v) is 4.06. The SMILES string of the molecule is O=C(CNc1n[nH]c(=O)[nH]c1=O)NN=Cc1ccccc1O. The topological polar surface area (TPSA) is 152 Å². The molecule has 1 heterocycles. The maximum atomic E-state index is 11.5. The lowest BCUT2D eigenvalue weighted by molar-refractivity contribution is -0.119. The van der Waals surface area contributed by atoms with Gasteiger partial charge >= 0.3 is 5.69 Å². The average Bonchev–Trinajstić information content (AvgIpc) is 2.48. The van der Waals surface area contributed by atoms with Crippen LogP contribution in [-0.2, 0) is 4.79 Å². The summed E-state index contributed by atoms with van der Waals surface area (Å²) in [6.45, 7) is -0.278. The van der Waals surface area contributed by atoms with Crippen molar-refractivity contribution in [1.82, 2.24) is 20.6 Å². The fourth-order valence-corrected chi connectivity index (χ4v) is 1.44. The van der Waals surface area contributed by atoms with E-state index in [0.29, 0.717) is 5.56 Å². The summed E-state index contributed by atoms with van der Waals surface area (Å²) in [5.74, 6) is -0.707. The predicted molar refractivity (Wildman–Crippen MR) is 77.8 cm³/mol. The maximum Gasteiger partial charge on any atom is 0.342 e. The normalized spacial score (nSPS) is 10.5. The molecule has 0 aliphatic rings. The van der Waals surface area contributed by atoms with E-state index in [0.717, 1.165) is 0 Å². The van der Waals surface area contributed by atoms with Gasteiger partial charge in [-0.2, -0.15) is 5.10 Å². The van der Waals surface area contributed by atoms with E-state index in [1.165, 1.54) is 12.3 Å². The molecule has 0 unspecified atom stereocenters. The Morgan fingerprint density at radius 3 is 2.86 bits per heavy atom. The molecule has 10 nitrogen and oxygen atoms in total. The van der Waals surface area contributed by atoms with E-state index in [2.05, 4.69) is 20.9 Å². The van der Waals surface area contributed by atoms with Gasteiger partial charge in [0.15, 0.2) is 0 Å². The molecule has 1 aromatic carbocycles. The summed E-state index contributed by atoms with van der Waals surface area (Å²) in [5.41, 5.74) is 1.16. The number of rotatable bonds is 5. The minimum atomic E-state index is -0.743. The van der Waals surface area contributed by atoms with E-state index >= 15 is 0 Å². The third-order valence-electron chi connectivity index (χ3n) is 2.46. The second kappa shape index (κ2) is 6.83. The van der Waals surface area contributed by atoms with Gasteiger partial charge in [-0.15, -0.1) is 5.10 Å². The Kier molecular flexibility index (Phi) is 4.65. The molecule has 22 heavy (non-hydrogen) atoms. The van der Waals surface area contributed by atoms with E-state index in [1.54, 1.807) is 18.2 Å². The van der Waals surface area contributed by atoms with Crippen molar-refractivity contribution >= 4 is 17.9 Å². The Morgan fingerprint density at radius 1 is 1.36 bits per heavy atom. The minimum Gasteiger partial charge on any atom is -0.507 e. The fourth-order valence-electron chi connectivity index (χ4n) is 1.44. The van der Waals surface area contributed by atoms with Crippen LogP contribution in [0.25, 0.3) is 0 Å². The van der Waals surface area contributed by atoms with Crippen molar-refractivity contribution < 1.29 is 9.90 Å². The Morgan fingerprint density at radius 2 is 2.14 bits per heavy atom. The molecule has 10 heteroatoms. The maximum absolute atomic E-state index is 11.5. The van der Waals surface area contributed by atoms with Gasteiger partial charge in [-0.1, -0.05) is 12.1 Å². The van der Waals surface area contributed by atoms with Crippen LogP contribution >= 0.6 is 0 Å². The average molecular weight is 304 g/mol. The summed E-state index contributed by atoms with van der Waals surface area (Å²) in [5, 5.41) is 21.1. The number of aromatic nitrogens is 3. The summed E-state index contributed by atoms with van der Waals surface area (Å²) in [4.78, 5) is 35.5. The van der Waals surface area contributed by atoms with Gasteiger partial charge in [0.1, 0.15) is 5.75 Å². The third-order valence-corrected chi connectivity index (χ3v) is 2.46. The highest BCUT2D eigenvalue weighted by atomic mass is 16.3. The lowest BCUT2D eigenvalue weighted by atomic mass is 10.2. The van der Waals surface area contributed by atoms with Crippen molar-refractivity contribution in [2.75, 3.05) is 11.9 Å². The van der Waals surface area contributed by atoms with Gasteiger partial charge in [0.05, 0.1) is 12.8 Å². The van der Waals surface area contributed by atoms with Crippen LogP contribution in [0.5, 0.6) is 5.75 Å². The molecule has 1 amide bonds. The molecular weight excluding hydrogens is 292 g/mol. The first-order chi connectivity index (χ1) is 10.6. The Labute approximate surface area is 122 Å². The molecule has 0 radical (unpaired) electrons. The van der Waals surface area contributed by atoms with Crippen LogP contribution < -0.4 is 22.0 Å². The number of aromatic amines is 2. The third kappa shape index (κ3) is 4.03. The van der Waals surface area contributed by atoms with Crippen LogP contribution in [0.15, 0.2) is 39.0 Å². The lowest BCUT2D eigenvalue weighted by Gasteiger charge is -2.02. The molecule has 0 saturated heterocycles. The van der Waals surface area contributed by atoms with Gasteiger partial charge in [-0.25, -0.2) is 15.3 Å². The molecule has 0 aliphatic carbocycles.